The van der Waals surface area contributed by atoms with Gasteiger partial charge in [0, 0.05) is 0 Å². The molecule has 32 heavy (non-hydrogen) atoms. The van der Waals surface area contributed by atoms with Gasteiger partial charge in [0.2, 0.25) is 0 Å². The average molecular weight is 488 g/mol. The van der Waals surface area contributed by atoms with Crippen LogP contribution in [0.2, 0.25) is 0 Å². The van der Waals surface area contributed by atoms with Crippen LogP contribution in [0.15, 0.2) is 127 Å². The standard InChI is InChI=1S/C16H13.C15H11.Zr/c1-12-15-10-6-5-9-14(15)11-16(12)13-7-3-2-4-8-13;1-2-6-12(7-3-1)15-10-13-8-4-5-9-14(13)11-15;/h2-11H,1H3;1-11H;/q2*-1;+2. The van der Waals surface area contributed by atoms with Crippen molar-refractivity contribution in [2.75, 3.05) is 0 Å². The van der Waals surface area contributed by atoms with Crippen LogP contribution in [0.1, 0.15) is 5.56 Å². The van der Waals surface area contributed by atoms with Crippen molar-refractivity contribution in [1.82, 2.24) is 0 Å². The minimum Gasteiger partial charge on any atom is -0.145 e. The Labute approximate surface area is 209 Å². The molecule has 0 amide bonds. The maximum atomic E-state index is 2.28. The van der Waals surface area contributed by atoms with Gasteiger partial charge in [-0.05, 0) is 0 Å². The molecule has 0 saturated heterocycles. The molecule has 6 aromatic rings. The molecule has 0 fully saturated rings. The first-order chi connectivity index (χ1) is 15.3. The number of benzene rings is 4. The van der Waals surface area contributed by atoms with Crippen LogP contribution in [-0.2, 0) is 26.2 Å². The topological polar surface area (TPSA) is 0 Å². The summed E-state index contributed by atoms with van der Waals surface area (Å²) in [6.45, 7) is 2.20. The van der Waals surface area contributed by atoms with Crippen molar-refractivity contribution < 1.29 is 26.2 Å². The summed E-state index contributed by atoms with van der Waals surface area (Å²) < 4.78 is 0. The third-order valence-electron chi connectivity index (χ3n) is 5.88. The van der Waals surface area contributed by atoms with Gasteiger partial charge in [-0.15, -0.1) is 68.6 Å². The number of fused-ring (bicyclic) bond motifs is 2. The SMILES string of the molecule is C[c-]1c(-c2ccccc2)cc2ccccc21.[Zr+2].c1ccc(-c2cc3ccccc3[cH-]2)cc1. The smallest absolute Gasteiger partial charge is 0.145 e. The van der Waals surface area contributed by atoms with E-state index in [0.717, 1.165) is 0 Å². The van der Waals surface area contributed by atoms with Crippen molar-refractivity contribution in [1.29, 1.82) is 0 Å². The molecule has 0 aliphatic rings. The zero-order valence-electron chi connectivity index (χ0n) is 18.1. The minimum absolute atomic E-state index is 0. The molecule has 0 heterocycles. The van der Waals surface area contributed by atoms with Crippen LogP contribution in [0, 0.1) is 6.92 Å². The average Bonchev–Trinajstić information content (AvgIpc) is 3.42. The molecule has 0 N–H and O–H groups in total. The molecule has 0 aliphatic heterocycles. The zero-order valence-corrected chi connectivity index (χ0v) is 20.6. The Hall–Kier alpha value is -3.02. The second kappa shape index (κ2) is 10.1. The van der Waals surface area contributed by atoms with Crippen LogP contribution in [0.25, 0.3) is 43.8 Å². The molecular weight excluding hydrogens is 464 g/mol. The summed E-state index contributed by atoms with van der Waals surface area (Å²) in [7, 11) is 0. The first-order valence-corrected chi connectivity index (χ1v) is 10.7. The van der Waals surface area contributed by atoms with E-state index in [0.29, 0.717) is 0 Å². The quantitative estimate of drug-likeness (QED) is 0.214. The normalized spacial score (nSPS) is 10.4. The maximum absolute atomic E-state index is 2.28. The zero-order chi connectivity index (χ0) is 21.0. The summed E-state index contributed by atoms with van der Waals surface area (Å²) in [5, 5.41) is 5.33. The number of aryl methyl sites for hydroxylation is 1. The van der Waals surface area contributed by atoms with E-state index in [4.69, 9.17) is 0 Å². The molecule has 6 aromatic carbocycles. The fraction of sp³-hybridized carbons (Fsp3) is 0.0323. The third-order valence-corrected chi connectivity index (χ3v) is 5.88. The van der Waals surface area contributed by atoms with Crippen molar-refractivity contribution in [3.05, 3.63) is 133 Å². The molecule has 0 bridgehead atoms. The van der Waals surface area contributed by atoms with Crippen LogP contribution in [0.3, 0.4) is 0 Å². The van der Waals surface area contributed by atoms with Gasteiger partial charge in [0.05, 0.1) is 0 Å². The van der Waals surface area contributed by atoms with E-state index >= 15 is 0 Å². The molecule has 0 aromatic heterocycles. The predicted octanol–water partition coefficient (Wildman–Crippen LogP) is 8.76. The van der Waals surface area contributed by atoms with Crippen LogP contribution in [0.4, 0.5) is 0 Å². The molecule has 0 nitrogen and oxygen atoms in total. The Kier molecular flexibility index (Phi) is 6.98. The first-order valence-electron chi connectivity index (χ1n) is 10.7. The van der Waals surface area contributed by atoms with E-state index in [1.807, 2.05) is 6.07 Å². The summed E-state index contributed by atoms with van der Waals surface area (Å²) in [5.41, 5.74) is 6.62. The van der Waals surface area contributed by atoms with Crippen LogP contribution >= 0.6 is 0 Å². The molecule has 0 radical (unpaired) electrons. The molecule has 1 heteroatoms. The molecule has 0 unspecified atom stereocenters. The molecule has 152 valence electrons. The van der Waals surface area contributed by atoms with E-state index < -0.39 is 0 Å². The number of rotatable bonds is 2. The van der Waals surface area contributed by atoms with E-state index in [1.54, 1.807) is 0 Å². The Morgan fingerprint density at radius 2 is 1.12 bits per heavy atom. The fourth-order valence-electron chi connectivity index (χ4n) is 4.24. The van der Waals surface area contributed by atoms with Crippen molar-refractivity contribution >= 4 is 21.5 Å². The van der Waals surface area contributed by atoms with Crippen molar-refractivity contribution in [2.24, 2.45) is 0 Å². The monoisotopic (exact) mass is 486 g/mol. The molecule has 0 atom stereocenters. The van der Waals surface area contributed by atoms with E-state index in [2.05, 4.69) is 128 Å². The third kappa shape index (κ3) is 4.59. The summed E-state index contributed by atoms with van der Waals surface area (Å²) in [5.74, 6) is 0. The van der Waals surface area contributed by atoms with E-state index in [-0.39, 0.29) is 26.2 Å². The predicted molar refractivity (Wildman–Crippen MR) is 135 cm³/mol. The Balaban J connectivity index is 0.000000149. The minimum atomic E-state index is 0. The van der Waals surface area contributed by atoms with Gasteiger partial charge in [-0.3, -0.25) is 0 Å². The van der Waals surface area contributed by atoms with Crippen molar-refractivity contribution in [2.45, 2.75) is 6.92 Å². The van der Waals surface area contributed by atoms with Crippen molar-refractivity contribution in [3.63, 3.8) is 0 Å². The molecule has 0 saturated carbocycles. The van der Waals surface area contributed by atoms with Gasteiger partial charge in [0.15, 0.2) is 0 Å². The van der Waals surface area contributed by atoms with Gasteiger partial charge in [-0.25, -0.2) is 0 Å². The van der Waals surface area contributed by atoms with Crippen LogP contribution in [-0.4, -0.2) is 0 Å². The van der Waals surface area contributed by atoms with Gasteiger partial charge in [-0.2, -0.15) is 0 Å². The Bertz CT molecular complexity index is 1390. The molecule has 0 aliphatic carbocycles. The van der Waals surface area contributed by atoms with Crippen LogP contribution in [0.5, 0.6) is 0 Å². The van der Waals surface area contributed by atoms with Gasteiger partial charge < -0.3 is 0 Å². The summed E-state index contributed by atoms with van der Waals surface area (Å²) in [6, 6.07) is 44.9. The Morgan fingerprint density at radius 3 is 1.78 bits per heavy atom. The second-order valence-electron chi connectivity index (χ2n) is 7.88. The van der Waals surface area contributed by atoms with Gasteiger partial charge in [0.1, 0.15) is 0 Å². The number of hydrogen-bond donors (Lipinski definition) is 0. The largest absolute Gasteiger partial charge is 2.00 e. The van der Waals surface area contributed by atoms with E-state index in [1.165, 1.54) is 49.4 Å². The number of hydrogen-bond acceptors (Lipinski definition) is 0. The Morgan fingerprint density at radius 1 is 0.562 bits per heavy atom. The maximum Gasteiger partial charge on any atom is 2.00 e. The van der Waals surface area contributed by atoms with Gasteiger partial charge in [0.25, 0.3) is 0 Å². The molecule has 6 rings (SSSR count). The first kappa shape index (κ1) is 22.2. The second-order valence-corrected chi connectivity index (χ2v) is 7.88. The fourth-order valence-corrected chi connectivity index (χ4v) is 4.24. The summed E-state index contributed by atoms with van der Waals surface area (Å²) in [6.07, 6.45) is 0. The van der Waals surface area contributed by atoms with Crippen molar-refractivity contribution in [3.8, 4) is 22.3 Å². The molecule has 0 spiro atoms. The van der Waals surface area contributed by atoms with Crippen LogP contribution < -0.4 is 0 Å². The van der Waals surface area contributed by atoms with Gasteiger partial charge >= 0.3 is 26.2 Å². The van der Waals surface area contributed by atoms with E-state index in [9.17, 15) is 0 Å². The molecular formula is C31H24Zr. The van der Waals surface area contributed by atoms with Gasteiger partial charge in [-0.1, -0.05) is 115 Å². The summed E-state index contributed by atoms with van der Waals surface area (Å²) in [4.78, 5) is 0. The summed E-state index contributed by atoms with van der Waals surface area (Å²) >= 11 is 0.